The molecule has 0 spiro atoms. The standard InChI is InChI=1S/C18H25NO3/c1-11(15-10-12-7-8-13(15)9-12)19-18(20)14-5-4-6-16(21-2)17(14)22-3/h4-6,11-13,15H,7-10H2,1-3H3,(H,19,20)/t11-,12+,13-,15+/m0/s1. The predicted molar refractivity (Wildman–Crippen MR) is 85.4 cm³/mol. The number of para-hydroxylation sites is 1. The van der Waals surface area contributed by atoms with Crippen molar-refractivity contribution in [3.63, 3.8) is 0 Å². The molecule has 1 amide bonds. The van der Waals surface area contributed by atoms with E-state index in [0.717, 1.165) is 11.8 Å². The third-order valence-electron chi connectivity index (χ3n) is 5.44. The van der Waals surface area contributed by atoms with Gasteiger partial charge in [-0.25, -0.2) is 0 Å². The molecule has 2 aliphatic rings. The fourth-order valence-electron chi connectivity index (χ4n) is 4.36. The Labute approximate surface area is 132 Å². The minimum absolute atomic E-state index is 0.0778. The van der Waals surface area contributed by atoms with Crippen LogP contribution in [0.1, 0.15) is 43.0 Å². The number of hydrogen-bond acceptors (Lipinski definition) is 3. The van der Waals surface area contributed by atoms with Crippen LogP contribution in [0.3, 0.4) is 0 Å². The lowest BCUT2D eigenvalue weighted by Gasteiger charge is -2.28. The first-order chi connectivity index (χ1) is 10.6. The van der Waals surface area contributed by atoms with Gasteiger partial charge in [-0.2, -0.15) is 0 Å². The van der Waals surface area contributed by atoms with Gasteiger partial charge >= 0.3 is 0 Å². The van der Waals surface area contributed by atoms with Crippen molar-refractivity contribution in [2.45, 2.75) is 38.6 Å². The predicted octanol–water partition coefficient (Wildman–Crippen LogP) is 3.26. The summed E-state index contributed by atoms with van der Waals surface area (Å²) in [7, 11) is 3.14. The van der Waals surface area contributed by atoms with Gasteiger partial charge in [-0.15, -0.1) is 0 Å². The van der Waals surface area contributed by atoms with Crippen molar-refractivity contribution < 1.29 is 14.3 Å². The number of rotatable bonds is 5. The van der Waals surface area contributed by atoms with Gasteiger partial charge in [0, 0.05) is 6.04 Å². The molecule has 0 unspecified atom stereocenters. The number of nitrogens with one attached hydrogen (secondary N) is 1. The van der Waals surface area contributed by atoms with Gasteiger partial charge in [-0.3, -0.25) is 4.79 Å². The monoisotopic (exact) mass is 303 g/mol. The van der Waals surface area contributed by atoms with E-state index in [0.29, 0.717) is 23.0 Å². The molecule has 22 heavy (non-hydrogen) atoms. The van der Waals surface area contributed by atoms with E-state index in [-0.39, 0.29) is 11.9 Å². The maximum absolute atomic E-state index is 12.6. The van der Waals surface area contributed by atoms with Gasteiger partial charge in [0.15, 0.2) is 11.5 Å². The number of amides is 1. The van der Waals surface area contributed by atoms with E-state index in [9.17, 15) is 4.79 Å². The Morgan fingerprint density at radius 1 is 1.23 bits per heavy atom. The molecule has 3 rings (SSSR count). The summed E-state index contributed by atoms with van der Waals surface area (Å²) in [6, 6.07) is 5.61. The summed E-state index contributed by atoms with van der Waals surface area (Å²) in [5, 5.41) is 3.17. The summed E-state index contributed by atoms with van der Waals surface area (Å²) in [6.07, 6.45) is 5.33. The van der Waals surface area contributed by atoms with E-state index in [1.807, 2.05) is 6.07 Å². The molecule has 120 valence electrons. The van der Waals surface area contributed by atoms with Crippen molar-refractivity contribution in [1.29, 1.82) is 0 Å². The summed E-state index contributed by atoms with van der Waals surface area (Å²) < 4.78 is 10.6. The van der Waals surface area contributed by atoms with E-state index < -0.39 is 0 Å². The van der Waals surface area contributed by atoms with E-state index in [4.69, 9.17) is 9.47 Å². The van der Waals surface area contributed by atoms with E-state index in [1.54, 1.807) is 26.4 Å². The first kappa shape index (κ1) is 15.2. The molecule has 0 radical (unpaired) electrons. The molecule has 0 aromatic heterocycles. The molecule has 4 heteroatoms. The van der Waals surface area contributed by atoms with E-state index >= 15 is 0 Å². The van der Waals surface area contributed by atoms with Gasteiger partial charge in [-0.1, -0.05) is 12.5 Å². The molecule has 0 heterocycles. The summed E-state index contributed by atoms with van der Waals surface area (Å²) in [5.41, 5.74) is 0.539. The molecular formula is C18H25NO3. The second kappa shape index (κ2) is 6.19. The molecular weight excluding hydrogens is 278 g/mol. The minimum Gasteiger partial charge on any atom is -0.493 e. The van der Waals surface area contributed by atoms with Crippen molar-refractivity contribution in [3.05, 3.63) is 23.8 Å². The third kappa shape index (κ3) is 2.67. The molecule has 0 aliphatic heterocycles. The van der Waals surface area contributed by atoms with Crippen LogP contribution in [0.15, 0.2) is 18.2 Å². The number of hydrogen-bond donors (Lipinski definition) is 1. The van der Waals surface area contributed by atoms with Crippen LogP contribution in [0.2, 0.25) is 0 Å². The lowest BCUT2D eigenvalue weighted by atomic mass is 9.84. The first-order valence-electron chi connectivity index (χ1n) is 8.16. The molecule has 1 aromatic rings. The van der Waals surface area contributed by atoms with Crippen LogP contribution in [0.4, 0.5) is 0 Å². The van der Waals surface area contributed by atoms with Gasteiger partial charge in [0.25, 0.3) is 5.91 Å². The van der Waals surface area contributed by atoms with Crippen LogP contribution in [0, 0.1) is 17.8 Å². The lowest BCUT2D eigenvalue weighted by molar-refractivity contribution is 0.0911. The highest BCUT2D eigenvalue weighted by molar-refractivity contribution is 5.98. The zero-order valence-corrected chi connectivity index (χ0v) is 13.6. The van der Waals surface area contributed by atoms with Crippen LogP contribution >= 0.6 is 0 Å². The Bertz CT molecular complexity index is 557. The summed E-state index contributed by atoms with van der Waals surface area (Å²) >= 11 is 0. The number of fused-ring (bicyclic) bond motifs is 2. The molecule has 4 nitrogen and oxygen atoms in total. The Kier molecular flexibility index (Phi) is 4.27. The molecule has 2 bridgehead atoms. The smallest absolute Gasteiger partial charge is 0.255 e. The Morgan fingerprint density at radius 3 is 2.64 bits per heavy atom. The van der Waals surface area contributed by atoms with Crippen molar-refractivity contribution in [1.82, 2.24) is 5.32 Å². The third-order valence-corrected chi connectivity index (χ3v) is 5.44. The number of carbonyl (C=O) groups excluding carboxylic acids is 1. The first-order valence-corrected chi connectivity index (χ1v) is 8.16. The largest absolute Gasteiger partial charge is 0.493 e. The topological polar surface area (TPSA) is 47.6 Å². The number of ether oxygens (including phenoxy) is 2. The summed E-state index contributed by atoms with van der Waals surface area (Å²) in [4.78, 5) is 12.6. The summed E-state index contributed by atoms with van der Waals surface area (Å²) in [5.74, 6) is 3.32. The highest BCUT2D eigenvalue weighted by Crippen LogP contribution is 2.49. The number of methoxy groups -OCH3 is 2. The zero-order chi connectivity index (χ0) is 15.7. The average molecular weight is 303 g/mol. The fourth-order valence-corrected chi connectivity index (χ4v) is 4.36. The van der Waals surface area contributed by atoms with Crippen molar-refractivity contribution in [2.24, 2.45) is 17.8 Å². The molecule has 2 fully saturated rings. The van der Waals surface area contributed by atoms with Crippen molar-refractivity contribution >= 4 is 5.91 Å². The van der Waals surface area contributed by atoms with Crippen molar-refractivity contribution in [2.75, 3.05) is 14.2 Å². The van der Waals surface area contributed by atoms with Gasteiger partial charge < -0.3 is 14.8 Å². The second-order valence-corrected chi connectivity index (χ2v) is 6.64. The zero-order valence-electron chi connectivity index (χ0n) is 13.6. The number of carbonyl (C=O) groups is 1. The molecule has 0 saturated heterocycles. The molecule has 4 atom stereocenters. The van der Waals surface area contributed by atoms with Crippen LogP contribution in [-0.4, -0.2) is 26.2 Å². The quantitative estimate of drug-likeness (QED) is 0.908. The van der Waals surface area contributed by atoms with Gasteiger partial charge in [0.05, 0.1) is 19.8 Å². The van der Waals surface area contributed by atoms with Crippen LogP contribution < -0.4 is 14.8 Å². The average Bonchev–Trinajstić information content (AvgIpc) is 3.16. The molecule has 1 aromatic carbocycles. The van der Waals surface area contributed by atoms with Crippen LogP contribution in [-0.2, 0) is 0 Å². The van der Waals surface area contributed by atoms with Crippen molar-refractivity contribution in [3.8, 4) is 11.5 Å². The normalized spacial score (nSPS) is 27.5. The Balaban J connectivity index is 1.72. The minimum atomic E-state index is -0.0778. The van der Waals surface area contributed by atoms with E-state index in [1.165, 1.54) is 25.7 Å². The highest BCUT2D eigenvalue weighted by atomic mass is 16.5. The molecule has 1 N–H and O–H groups in total. The lowest BCUT2D eigenvalue weighted by Crippen LogP contribution is -2.40. The van der Waals surface area contributed by atoms with Gasteiger partial charge in [0.1, 0.15) is 0 Å². The maximum atomic E-state index is 12.6. The fraction of sp³-hybridized carbons (Fsp3) is 0.611. The van der Waals surface area contributed by atoms with E-state index in [2.05, 4.69) is 12.2 Å². The Morgan fingerprint density at radius 2 is 2.05 bits per heavy atom. The second-order valence-electron chi connectivity index (χ2n) is 6.64. The summed E-state index contributed by atoms with van der Waals surface area (Å²) in [6.45, 7) is 2.13. The maximum Gasteiger partial charge on any atom is 0.255 e. The number of benzene rings is 1. The molecule has 2 saturated carbocycles. The highest BCUT2D eigenvalue weighted by Gasteiger charge is 2.42. The van der Waals surface area contributed by atoms with Gasteiger partial charge in [-0.05, 0) is 56.1 Å². The van der Waals surface area contributed by atoms with Gasteiger partial charge in [0.2, 0.25) is 0 Å². The van der Waals surface area contributed by atoms with Crippen LogP contribution in [0.5, 0.6) is 11.5 Å². The SMILES string of the molecule is COc1cccc(C(=O)N[C@@H](C)[C@H]2C[C@@H]3CC[C@H]2C3)c1OC. The van der Waals surface area contributed by atoms with Crippen LogP contribution in [0.25, 0.3) is 0 Å². The Hall–Kier alpha value is -1.71. The molecule has 2 aliphatic carbocycles.